The second-order valence-electron chi connectivity index (χ2n) is 4.88. The van der Waals surface area contributed by atoms with Crippen molar-refractivity contribution in [2.24, 2.45) is 0 Å². The maximum atomic E-state index is 12.5. The van der Waals surface area contributed by atoms with Gasteiger partial charge in [-0.25, -0.2) is 8.42 Å². The van der Waals surface area contributed by atoms with Crippen molar-refractivity contribution in [3.63, 3.8) is 0 Å². The van der Waals surface area contributed by atoms with Crippen LogP contribution in [0.1, 0.15) is 19.4 Å². The zero-order chi connectivity index (χ0) is 14.0. The van der Waals surface area contributed by atoms with Gasteiger partial charge in [0.1, 0.15) is 0 Å². The zero-order valence-electron chi connectivity index (χ0n) is 11.1. The van der Waals surface area contributed by atoms with Gasteiger partial charge in [0.25, 0.3) is 0 Å². The lowest BCUT2D eigenvalue weighted by molar-refractivity contribution is 0.281. The van der Waals surface area contributed by atoms with Crippen LogP contribution in [0.3, 0.4) is 0 Å². The molecule has 0 aromatic heterocycles. The fourth-order valence-electron chi connectivity index (χ4n) is 2.24. The van der Waals surface area contributed by atoms with Crippen molar-refractivity contribution in [3.8, 4) is 0 Å². The van der Waals surface area contributed by atoms with Crippen LogP contribution in [0.4, 0.5) is 0 Å². The van der Waals surface area contributed by atoms with Gasteiger partial charge in [0.15, 0.2) is 0 Å². The Kier molecular flexibility index (Phi) is 4.55. The van der Waals surface area contributed by atoms with Crippen molar-refractivity contribution in [2.75, 3.05) is 13.1 Å². The molecule has 0 amide bonds. The van der Waals surface area contributed by atoms with Crippen LogP contribution in [0, 0.1) is 0 Å². The molecule has 1 aromatic rings. The molecule has 2 atom stereocenters. The zero-order valence-corrected chi connectivity index (χ0v) is 12.7. The average Bonchev–Trinajstić information content (AvgIpc) is 2.37. The molecule has 1 aliphatic heterocycles. The SMILES string of the molecule is CC1CN(S(=O)(=O)c2ccc(CO)cc2)CC(C)S1. The summed E-state index contributed by atoms with van der Waals surface area (Å²) in [7, 11) is -3.41. The van der Waals surface area contributed by atoms with Gasteiger partial charge in [-0.3, -0.25) is 0 Å². The number of hydrogen-bond acceptors (Lipinski definition) is 4. The summed E-state index contributed by atoms with van der Waals surface area (Å²) in [6.45, 7) is 5.14. The van der Waals surface area contributed by atoms with Gasteiger partial charge in [-0.2, -0.15) is 16.1 Å². The van der Waals surface area contributed by atoms with E-state index in [0.717, 1.165) is 5.56 Å². The van der Waals surface area contributed by atoms with Gasteiger partial charge in [-0.1, -0.05) is 26.0 Å². The van der Waals surface area contributed by atoms with Crippen molar-refractivity contribution < 1.29 is 13.5 Å². The second-order valence-corrected chi connectivity index (χ2v) is 8.70. The molecule has 0 radical (unpaired) electrons. The quantitative estimate of drug-likeness (QED) is 0.923. The first-order valence-corrected chi connectivity index (χ1v) is 8.67. The summed E-state index contributed by atoms with van der Waals surface area (Å²) >= 11 is 1.82. The second kappa shape index (κ2) is 5.83. The molecule has 1 heterocycles. The molecule has 1 aromatic carbocycles. The molecule has 0 aliphatic carbocycles. The molecule has 1 fully saturated rings. The van der Waals surface area contributed by atoms with E-state index < -0.39 is 10.0 Å². The predicted molar refractivity (Wildman–Crippen MR) is 77.6 cm³/mol. The lowest BCUT2D eigenvalue weighted by atomic mass is 10.2. The normalized spacial score (nSPS) is 25.4. The van der Waals surface area contributed by atoms with Crippen LogP contribution in [0.15, 0.2) is 29.2 Å². The van der Waals surface area contributed by atoms with Gasteiger partial charge in [-0.05, 0) is 17.7 Å². The summed E-state index contributed by atoms with van der Waals surface area (Å²) in [6.07, 6.45) is 0. The molecule has 1 aliphatic rings. The van der Waals surface area contributed by atoms with Gasteiger partial charge in [0.2, 0.25) is 10.0 Å². The molecule has 106 valence electrons. The smallest absolute Gasteiger partial charge is 0.243 e. The average molecular weight is 301 g/mol. The van der Waals surface area contributed by atoms with Crippen molar-refractivity contribution in [1.29, 1.82) is 0 Å². The molecular weight excluding hydrogens is 282 g/mol. The highest BCUT2D eigenvalue weighted by Crippen LogP contribution is 2.28. The number of aliphatic hydroxyl groups is 1. The number of aliphatic hydroxyl groups excluding tert-OH is 1. The molecule has 6 heteroatoms. The van der Waals surface area contributed by atoms with Gasteiger partial charge < -0.3 is 5.11 Å². The third-order valence-corrected chi connectivity index (χ3v) is 6.20. The molecule has 0 saturated carbocycles. The Bertz CT molecular complexity index is 517. The third kappa shape index (κ3) is 3.31. The Morgan fingerprint density at radius 3 is 2.21 bits per heavy atom. The number of thioether (sulfide) groups is 1. The van der Waals surface area contributed by atoms with Gasteiger partial charge in [-0.15, -0.1) is 0 Å². The molecule has 1 saturated heterocycles. The Morgan fingerprint density at radius 2 is 1.74 bits per heavy atom. The number of hydrogen-bond donors (Lipinski definition) is 1. The van der Waals surface area contributed by atoms with Crippen molar-refractivity contribution in [2.45, 2.75) is 35.8 Å². The van der Waals surface area contributed by atoms with Crippen LogP contribution in [0.25, 0.3) is 0 Å². The van der Waals surface area contributed by atoms with E-state index in [-0.39, 0.29) is 6.61 Å². The number of benzene rings is 1. The Morgan fingerprint density at radius 1 is 1.21 bits per heavy atom. The van der Waals surface area contributed by atoms with Crippen LogP contribution in [0.5, 0.6) is 0 Å². The van der Waals surface area contributed by atoms with Crippen molar-refractivity contribution >= 4 is 21.8 Å². The largest absolute Gasteiger partial charge is 0.392 e. The number of nitrogens with zero attached hydrogens (tertiary/aromatic N) is 1. The minimum absolute atomic E-state index is 0.0747. The van der Waals surface area contributed by atoms with E-state index >= 15 is 0 Å². The van der Waals surface area contributed by atoms with Crippen LogP contribution >= 0.6 is 11.8 Å². The van der Waals surface area contributed by atoms with E-state index in [0.29, 0.717) is 28.5 Å². The lowest BCUT2D eigenvalue weighted by Gasteiger charge is -2.33. The number of sulfonamides is 1. The van der Waals surface area contributed by atoms with Gasteiger partial charge >= 0.3 is 0 Å². The first-order chi connectivity index (χ1) is 8.93. The first-order valence-electron chi connectivity index (χ1n) is 6.29. The topological polar surface area (TPSA) is 57.6 Å². The summed E-state index contributed by atoms with van der Waals surface area (Å²) < 4.78 is 26.6. The van der Waals surface area contributed by atoms with E-state index in [2.05, 4.69) is 13.8 Å². The van der Waals surface area contributed by atoms with E-state index in [9.17, 15) is 8.42 Å². The molecule has 1 N–H and O–H groups in total. The van der Waals surface area contributed by atoms with Crippen LogP contribution < -0.4 is 0 Å². The molecule has 2 rings (SSSR count). The summed E-state index contributed by atoms with van der Waals surface area (Å²) in [5, 5.41) is 9.62. The third-order valence-electron chi connectivity index (χ3n) is 3.13. The predicted octanol–water partition coefficient (Wildman–Crippen LogP) is 1.69. The van der Waals surface area contributed by atoms with E-state index in [4.69, 9.17) is 5.11 Å². The maximum Gasteiger partial charge on any atom is 0.243 e. The van der Waals surface area contributed by atoms with E-state index in [1.807, 2.05) is 11.8 Å². The van der Waals surface area contributed by atoms with Crippen LogP contribution in [-0.2, 0) is 16.6 Å². The van der Waals surface area contributed by atoms with Crippen molar-refractivity contribution in [3.05, 3.63) is 29.8 Å². The molecular formula is C13H19NO3S2. The fourth-order valence-corrected chi connectivity index (χ4v) is 5.37. The molecule has 0 bridgehead atoms. The number of rotatable bonds is 3. The summed E-state index contributed by atoms with van der Waals surface area (Å²) in [5.74, 6) is 0. The van der Waals surface area contributed by atoms with E-state index in [1.165, 1.54) is 0 Å². The molecule has 0 spiro atoms. The molecule has 19 heavy (non-hydrogen) atoms. The first kappa shape index (κ1) is 14.8. The summed E-state index contributed by atoms with van der Waals surface area (Å²) in [6, 6.07) is 6.44. The van der Waals surface area contributed by atoms with Crippen molar-refractivity contribution in [1.82, 2.24) is 4.31 Å². The minimum atomic E-state index is -3.41. The highest BCUT2D eigenvalue weighted by atomic mass is 32.2. The Labute approximate surface area is 118 Å². The van der Waals surface area contributed by atoms with Gasteiger partial charge in [0.05, 0.1) is 11.5 Å². The van der Waals surface area contributed by atoms with E-state index in [1.54, 1.807) is 28.6 Å². The fraction of sp³-hybridized carbons (Fsp3) is 0.538. The Balaban J connectivity index is 2.25. The maximum absolute atomic E-state index is 12.5. The van der Waals surface area contributed by atoms with Crippen LogP contribution in [-0.4, -0.2) is 41.4 Å². The molecule has 4 nitrogen and oxygen atoms in total. The Hall–Kier alpha value is -0.560. The highest BCUT2D eigenvalue weighted by molar-refractivity contribution is 8.00. The highest BCUT2D eigenvalue weighted by Gasteiger charge is 2.31. The monoisotopic (exact) mass is 301 g/mol. The summed E-state index contributed by atoms with van der Waals surface area (Å²) in [4.78, 5) is 0.302. The minimum Gasteiger partial charge on any atom is -0.392 e. The lowest BCUT2D eigenvalue weighted by Crippen LogP contribution is -2.43. The summed E-state index contributed by atoms with van der Waals surface area (Å²) in [5.41, 5.74) is 0.717. The molecule has 2 unspecified atom stereocenters. The van der Waals surface area contributed by atoms with Gasteiger partial charge in [0, 0.05) is 23.6 Å². The van der Waals surface area contributed by atoms with Crippen LogP contribution in [0.2, 0.25) is 0 Å². The standard InChI is InChI=1S/C13H19NO3S2/c1-10-7-14(8-11(2)18-10)19(16,17)13-5-3-12(9-15)4-6-13/h3-6,10-11,15H,7-9H2,1-2H3.